The van der Waals surface area contributed by atoms with Crippen LogP contribution in [-0.4, -0.2) is 39.8 Å². The molecule has 1 aromatic carbocycles. The van der Waals surface area contributed by atoms with Crippen molar-refractivity contribution in [1.82, 2.24) is 15.6 Å². The summed E-state index contributed by atoms with van der Waals surface area (Å²) in [6, 6.07) is 9.77. The molecule has 112 valence electrons. The molecule has 6 heteroatoms. The molecule has 2 heterocycles. The number of aromatic nitrogens is 1. The zero-order valence-corrected chi connectivity index (χ0v) is 12.5. The van der Waals surface area contributed by atoms with Gasteiger partial charge in [-0.05, 0) is 29.7 Å². The third-order valence-corrected chi connectivity index (χ3v) is 4.92. The smallest absolute Gasteiger partial charge is 0.315 e. The lowest BCUT2D eigenvalue weighted by Gasteiger charge is -2.21. The van der Waals surface area contributed by atoms with E-state index < -0.39 is 5.60 Å². The highest BCUT2D eigenvalue weighted by Gasteiger charge is 2.31. The molecular weight excluding hydrogens is 286 g/mol. The first-order valence-electron chi connectivity index (χ1n) is 7.03. The van der Waals surface area contributed by atoms with Crippen molar-refractivity contribution in [2.24, 2.45) is 0 Å². The van der Waals surface area contributed by atoms with Gasteiger partial charge in [0.1, 0.15) is 0 Å². The number of hydrogen-bond donors (Lipinski definition) is 4. The Balaban J connectivity index is 1.49. The number of thioether (sulfide) groups is 1. The first-order chi connectivity index (χ1) is 10.1. The highest BCUT2D eigenvalue weighted by atomic mass is 32.2. The standard InChI is InChI=1S/C15H19N3O2S/c19-14(17-9-15(20)5-6-21-10-15)16-8-12-7-11-3-1-2-4-13(11)18-12/h1-4,7,18,20H,5-6,8-10H2,(H2,16,17,19). The molecule has 2 amide bonds. The summed E-state index contributed by atoms with van der Waals surface area (Å²) in [7, 11) is 0. The zero-order chi connectivity index (χ0) is 14.7. The largest absolute Gasteiger partial charge is 0.387 e. The Labute approximate surface area is 127 Å². The van der Waals surface area contributed by atoms with Crippen LogP contribution in [0.1, 0.15) is 12.1 Å². The van der Waals surface area contributed by atoms with E-state index in [0.29, 0.717) is 18.8 Å². The summed E-state index contributed by atoms with van der Waals surface area (Å²) in [5.41, 5.74) is 1.27. The number of hydrogen-bond acceptors (Lipinski definition) is 3. The Morgan fingerprint density at radius 3 is 3.00 bits per heavy atom. The van der Waals surface area contributed by atoms with Gasteiger partial charge in [0, 0.05) is 23.5 Å². The van der Waals surface area contributed by atoms with Crippen molar-refractivity contribution in [1.29, 1.82) is 0 Å². The minimum absolute atomic E-state index is 0.251. The summed E-state index contributed by atoms with van der Waals surface area (Å²) in [6.45, 7) is 0.742. The maximum absolute atomic E-state index is 11.8. The minimum atomic E-state index is -0.747. The van der Waals surface area contributed by atoms with Crippen LogP contribution in [0.15, 0.2) is 30.3 Å². The molecule has 1 saturated heterocycles. The maximum atomic E-state index is 11.8. The highest BCUT2D eigenvalue weighted by Crippen LogP contribution is 2.26. The molecule has 0 saturated carbocycles. The van der Waals surface area contributed by atoms with Gasteiger partial charge in [0.2, 0.25) is 0 Å². The predicted octanol–water partition coefficient (Wildman–Crippen LogP) is 1.84. The Morgan fingerprint density at radius 2 is 2.24 bits per heavy atom. The molecule has 2 aromatic rings. The van der Waals surface area contributed by atoms with E-state index in [9.17, 15) is 9.90 Å². The van der Waals surface area contributed by atoms with Gasteiger partial charge in [0.25, 0.3) is 0 Å². The molecule has 1 aliphatic rings. The Morgan fingerprint density at radius 1 is 1.38 bits per heavy atom. The number of benzene rings is 1. The fraction of sp³-hybridized carbons (Fsp3) is 0.400. The minimum Gasteiger partial charge on any atom is -0.387 e. The fourth-order valence-corrected chi connectivity index (χ4v) is 3.74. The van der Waals surface area contributed by atoms with Crippen molar-refractivity contribution in [2.45, 2.75) is 18.6 Å². The normalized spacial score (nSPS) is 21.6. The summed E-state index contributed by atoms with van der Waals surface area (Å²) >= 11 is 1.72. The molecule has 3 rings (SSSR count). The van der Waals surface area contributed by atoms with Crippen LogP contribution in [0.3, 0.4) is 0 Å². The second kappa shape index (κ2) is 5.99. The molecule has 1 atom stereocenters. The van der Waals surface area contributed by atoms with Crippen LogP contribution in [0.25, 0.3) is 10.9 Å². The number of para-hydroxylation sites is 1. The molecule has 1 aliphatic heterocycles. The van der Waals surface area contributed by atoms with Gasteiger partial charge in [0.15, 0.2) is 0 Å². The van der Waals surface area contributed by atoms with Crippen LogP contribution in [0.4, 0.5) is 4.79 Å². The molecular formula is C15H19N3O2S. The third-order valence-electron chi connectivity index (χ3n) is 3.69. The predicted molar refractivity (Wildman–Crippen MR) is 85.4 cm³/mol. The van der Waals surface area contributed by atoms with Crippen LogP contribution in [0.5, 0.6) is 0 Å². The van der Waals surface area contributed by atoms with Gasteiger partial charge in [-0.15, -0.1) is 0 Å². The number of rotatable bonds is 4. The van der Waals surface area contributed by atoms with Crippen molar-refractivity contribution in [3.8, 4) is 0 Å². The average Bonchev–Trinajstić information content (AvgIpc) is 3.09. The lowest BCUT2D eigenvalue weighted by molar-refractivity contribution is 0.0700. The second-order valence-electron chi connectivity index (χ2n) is 5.44. The van der Waals surface area contributed by atoms with E-state index in [0.717, 1.165) is 28.8 Å². The summed E-state index contributed by atoms with van der Waals surface area (Å²) in [4.78, 5) is 15.0. The van der Waals surface area contributed by atoms with Crippen molar-refractivity contribution in [3.05, 3.63) is 36.0 Å². The summed E-state index contributed by atoms with van der Waals surface area (Å²) in [5.74, 6) is 1.64. The topological polar surface area (TPSA) is 77.2 Å². The molecule has 0 bridgehead atoms. The van der Waals surface area contributed by atoms with Crippen LogP contribution in [-0.2, 0) is 6.54 Å². The molecule has 1 aromatic heterocycles. The number of amides is 2. The van der Waals surface area contributed by atoms with Crippen LogP contribution < -0.4 is 10.6 Å². The summed E-state index contributed by atoms with van der Waals surface area (Å²) in [5, 5.41) is 16.8. The molecule has 4 N–H and O–H groups in total. The Hall–Kier alpha value is -1.66. The molecule has 0 radical (unpaired) electrons. The van der Waals surface area contributed by atoms with Crippen molar-refractivity contribution < 1.29 is 9.90 Å². The van der Waals surface area contributed by atoms with Gasteiger partial charge in [-0.1, -0.05) is 18.2 Å². The van der Waals surface area contributed by atoms with Gasteiger partial charge in [-0.2, -0.15) is 11.8 Å². The molecule has 5 nitrogen and oxygen atoms in total. The lowest BCUT2D eigenvalue weighted by atomic mass is 10.0. The zero-order valence-electron chi connectivity index (χ0n) is 11.7. The number of urea groups is 1. The van der Waals surface area contributed by atoms with Gasteiger partial charge < -0.3 is 20.7 Å². The molecule has 1 unspecified atom stereocenters. The Kier molecular flexibility index (Phi) is 4.07. The highest BCUT2D eigenvalue weighted by molar-refractivity contribution is 7.99. The van der Waals surface area contributed by atoms with E-state index >= 15 is 0 Å². The lowest BCUT2D eigenvalue weighted by Crippen LogP contribution is -2.46. The summed E-state index contributed by atoms with van der Waals surface area (Å²) in [6.07, 6.45) is 0.736. The summed E-state index contributed by atoms with van der Waals surface area (Å²) < 4.78 is 0. The number of H-pyrrole nitrogens is 1. The van der Waals surface area contributed by atoms with Crippen LogP contribution in [0, 0.1) is 0 Å². The third kappa shape index (κ3) is 3.51. The van der Waals surface area contributed by atoms with E-state index in [1.165, 1.54) is 0 Å². The molecule has 0 spiro atoms. The van der Waals surface area contributed by atoms with Crippen LogP contribution in [0.2, 0.25) is 0 Å². The van der Waals surface area contributed by atoms with Crippen molar-refractivity contribution >= 4 is 28.7 Å². The Bertz CT molecular complexity index is 602. The van der Waals surface area contributed by atoms with Crippen LogP contribution >= 0.6 is 11.8 Å². The number of carbonyl (C=O) groups excluding carboxylic acids is 1. The van der Waals surface area contributed by atoms with E-state index in [4.69, 9.17) is 0 Å². The number of fused-ring (bicyclic) bond motifs is 1. The van der Waals surface area contributed by atoms with Gasteiger partial charge >= 0.3 is 6.03 Å². The van der Waals surface area contributed by atoms with E-state index in [1.54, 1.807) is 11.8 Å². The van der Waals surface area contributed by atoms with Gasteiger partial charge in [-0.3, -0.25) is 0 Å². The molecule has 21 heavy (non-hydrogen) atoms. The fourth-order valence-electron chi connectivity index (χ4n) is 2.45. The SMILES string of the molecule is O=C(NCc1cc2ccccc2[nH]1)NCC1(O)CCSC1. The van der Waals surface area contributed by atoms with Crippen molar-refractivity contribution in [2.75, 3.05) is 18.1 Å². The van der Waals surface area contributed by atoms with E-state index in [2.05, 4.69) is 15.6 Å². The molecule has 0 aliphatic carbocycles. The average molecular weight is 305 g/mol. The van der Waals surface area contributed by atoms with Crippen molar-refractivity contribution in [3.63, 3.8) is 0 Å². The van der Waals surface area contributed by atoms with E-state index in [1.807, 2.05) is 30.3 Å². The first-order valence-corrected chi connectivity index (χ1v) is 8.19. The van der Waals surface area contributed by atoms with E-state index in [-0.39, 0.29) is 6.03 Å². The number of aliphatic hydroxyl groups is 1. The second-order valence-corrected chi connectivity index (χ2v) is 6.55. The van der Waals surface area contributed by atoms with Gasteiger partial charge in [0.05, 0.1) is 12.1 Å². The number of carbonyl (C=O) groups is 1. The number of nitrogens with one attached hydrogen (secondary N) is 3. The maximum Gasteiger partial charge on any atom is 0.315 e. The number of aromatic amines is 1. The van der Waals surface area contributed by atoms with Gasteiger partial charge in [-0.25, -0.2) is 4.79 Å². The first kappa shape index (κ1) is 14.3. The quantitative estimate of drug-likeness (QED) is 0.696. The monoisotopic (exact) mass is 305 g/mol. The molecule has 1 fully saturated rings.